The van der Waals surface area contributed by atoms with Crippen molar-refractivity contribution in [3.8, 4) is 0 Å². The smallest absolute Gasteiger partial charge is 0.437 e. The van der Waals surface area contributed by atoms with E-state index >= 15 is 0 Å². The van der Waals surface area contributed by atoms with Crippen molar-refractivity contribution in [2.24, 2.45) is 5.10 Å². The monoisotopic (exact) mass is 1270 g/mol. The fourth-order valence-corrected chi connectivity index (χ4v) is 6.89. The zero-order chi connectivity index (χ0) is 65.9. The van der Waals surface area contributed by atoms with Crippen LogP contribution in [0.15, 0.2) is 131 Å². The van der Waals surface area contributed by atoms with E-state index in [1.807, 2.05) is 0 Å². The maximum absolute atomic E-state index is 13.2. The molecule has 0 aliphatic heterocycles. The maximum atomic E-state index is 13.2. The van der Waals surface area contributed by atoms with Crippen molar-refractivity contribution < 1.29 is 99.8 Å². The number of anilines is 4. The zero-order valence-electron chi connectivity index (χ0n) is 46.8. The van der Waals surface area contributed by atoms with Crippen LogP contribution in [0, 0.1) is 6.92 Å². The SMILES string of the molecule is CB(O)NCc1cccc(N(C)NC(=O)C(F)(F)F)c1.CB(O)NCc1cccc(N/N=C(\OS(=O)(=O)c2ccc(C)cc2)C(F)(F)F)c1.CB(O)NCc1cccc(NNC(=O)C(F)(F)F)c1.CB(O)NCc1cccc(NNC(=O)C(F)(F)F)c1. The summed E-state index contributed by atoms with van der Waals surface area (Å²) in [4.78, 5) is 31.6. The minimum Gasteiger partial charge on any atom is -0.437 e. The molecule has 0 unspecified atom stereocenters. The molecule has 22 nitrogen and oxygen atoms in total. The van der Waals surface area contributed by atoms with Crippen LogP contribution in [0.1, 0.15) is 27.8 Å². The molecule has 0 aliphatic rings. The summed E-state index contributed by atoms with van der Waals surface area (Å²) in [5, 5.41) is 51.5. The molecule has 0 radical (unpaired) electrons. The fourth-order valence-electron chi connectivity index (χ4n) is 5.99. The van der Waals surface area contributed by atoms with E-state index in [0.29, 0.717) is 42.3 Å². The predicted octanol–water partition coefficient (Wildman–Crippen LogP) is 5.59. The molecule has 0 heterocycles. The molecule has 87 heavy (non-hydrogen) atoms. The molecule has 3 amide bonds. The molecule has 5 rings (SSSR count). The highest BCUT2D eigenvalue weighted by atomic mass is 32.2. The van der Waals surface area contributed by atoms with E-state index < -0.39 is 91.5 Å². The molecule has 0 atom stereocenters. The number of rotatable bonds is 22. The minimum absolute atomic E-state index is 0.174. The van der Waals surface area contributed by atoms with Gasteiger partial charge in [0.2, 0.25) is 0 Å². The number of amides is 3. The van der Waals surface area contributed by atoms with Gasteiger partial charge in [0.25, 0.3) is 0 Å². The zero-order valence-corrected chi connectivity index (χ0v) is 47.6. The van der Waals surface area contributed by atoms with E-state index in [-0.39, 0.29) is 12.2 Å². The van der Waals surface area contributed by atoms with Crippen LogP contribution in [0.25, 0.3) is 0 Å². The molecular weight excluding hydrogens is 1210 g/mol. The summed E-state index contributed by atoms with van der Waals surface area (Å²) >= 11 is 0. The number of hydrazone groups is 1. The van der Waals surface area contributed by atoms with Gasteiger partial charge in [-0.15, -0.1) is 5.10 Å². The topological polar surface area (TPSA) is 311 Å². The van der Waals surface area contributed by atoms with Gasteiger partial charge in [0.1, 0.15) is 4.90 Å². The van der Waals surface area contributed by atoms with E-state index in [9.17, 15) is 80.5 Å². The highest BCUT2D eigenvalue weighted by molar-refractivity contribution is 7.87. The second-order valence-electron chi connectivity index (χ2n) is 18.0. The Morgan fingerprint density at radius 3 is 1.21 bits per heavy atom. The van der Waals surface area contributed by atoms with Crippen LogP contribution in [-0.2, 0) is 54.9 Å². The highest BCUT2D eigenvalue weighted by Gasteiger charge is 2.43. The summed E-state index contributed by atoms with van der Waals surface area (Å²) in [6, 6.07) is 30.7. The molecule has 474 valence electrons. The molecule has 0 spiro atoms. The average Bonchev–Trinajstić information content (AvgIpc) is 3.62. The molecule has 0 aromatic heterocycles. The van der Waals surface area contributed by atoms with Crippen LogP contribution in [0.5, 0.6) is 0 Å². The standard InChI is InChI=1S/C17H19BF3N3O4S.C11H15BF3N3O2.2C10H13BF3N3O2/c1-12-6-8-15(9-7-12)29(26,27)28-16(17(19,20)21)24-23-14-5-3-4-13(10-14)11-22-18(2)25;1-12(20)16-7-8-4-3-5-9(6-8)18(2)17-10(19)11(13,14)15;2*1-11(19)15-6-7-3-2-4-8(5-7)16-17-9(18)10(12,13)14/h3-10,22-23,25H,11H2,1-2H3;3-6,16,20H,7H2,1-2H3,(H,17,19);2*2-5,15-16,19H,6H2,1H3,(H,17,18)/b24-16-;;;. The molecular formula is C48H60B4F12N12O10S. The Bertz CT molecular complexity index is 3020. The molecule has 0 aliphatic carbocycles. The van der Waals surface area contributed by atoms with Gasteiger partial charge in [0.05, 0.1) is 22.7 Å². The van der Waals surface area contributed by atoms with E-state index in [0.717, 1.165) is 39.4 Å². The van der Waals surface area contributed by atoms with Crippen molar-refractivity contribution in [2.75, 3.05) is 28.3 Å². The second kappa shape index (κ2) is 35.1. The number of nitrogens with one attached hydrogen (secondary N) is 10. The molecule has 0 saturated carbocycles. The Morgan fingerprint density at radius 2 is 0.851 bits per heavy atom. The lowest BCUT2D eigenvalue weighted by Gasteiger charge is -2.21. The van der Waals surface area contributed by atoms with Crippen LogP contribution < -0.4 is 58.5 Å². The number of nitrogens with zero attached hydrogens (tertiary/aromatic N) is 2. The van der Waals surface area contributed by atoms with Crippen molar-refractivity contribution in [3.63, 3.8) is 0 Å². The van der Waals surface area contributed by atoms with Gasteiger partial charge in [-0.25, -0.2) is 0 Å². The summed E-state index contributed by atoms with van der Waals surface area (Å²) in [6.07, 6.45) is -19.9. The lowest BCUT2D eigenvalue weighted by molar-refractivity contribution is -0.173. The van der Waals surface area contributed by atoms with E-state index in [2.05, 4.69) is 46.5 Å². The number of carbonyl (C=O) groups excluding carboxylic acids is 3. The quantitative estimate of drug-likeness (QED) is 0.0100. The first kappa shape index (κ1) is 75.3. The Labute approximate surface area is 492 Å². The van der Waals surface area contributed by atoms with Crippen molar-refractivity contribution in [3.05, 3.63) is 149 Å². The Balaban J connectivity index is 0.000000403. The normalized spacial score (nSPS) is 11.5. The van der Waals surface area contributed by atoms with Gasteiger partial charge >= 0.3 is 86.6 Å². The Kier molecular flexibility index (Phi) is 30.4. The first-order valence-electron chi connectivity index (χ1n) is 25.1. The number of carbonyl (C=O) groups is 3. The second-order valence-corrected chi connectivity index (χ2v) is 19.6. The average molecular weight is 1270 g/mol. The summed E-state index contributed by atoms with van der Waals surface area (Å²) in [7, 11) is -6.25. The minimum atomic E-state index is -5.14. The first-order chi connectivity index (χ1) is 40.2. The Morgan fingerprint density at radius 1 is 0.506 bits per heavy atom. The largest absolute Gasteiger partial charge is 0.472 e. The fraction of sp³-hybridized carbons (Fsp3) is 0.292. The summed E-state index contributed by atoms with van der Waals surface area (Å²) in [6.45, 7) is 9.19. The molecule has 0 fully saturated rings. The molecule has 5 aromatic carbocycles. The third-order valence-electron chi connectivity index (χ3n) is 10.2. The van der Waals surface area contributed by atoms with Crippen LogP contribution in [0.4, 0.5) is 75.4 Å². The Hall–Kier alpha value is -7.77. The van der Waals surface area contributed by atoms with Gasteiger partial charge in [0, 0.05) is 33.2 Å². The van der Waals surface area contributed by atoms with Crippen LogP contribution in [-0.4, -0.2) is 112 Å². The molecule has 5 aromatic rings. The van der Waals surface area contributed by atoms with E-state index in [1.54, 1.807) is 116 Å². The highest BCUT2D eigenvalue weighted by Crippen LogP contribution is 2.25. The lowest BCUT2D eigenvalue weighted by atomic mass is 9.88. The van der Waals surface area contributed by atoms with Crippen LogP contribution >= 0.6 is 0 Å². The van der Waals surface area contributed by atoms with E-state index in [1.165, 1.54) is 50.3 Å². The van der Waals surface area contributed by atoms with Crippen molar-refractivity contribution in [1.29, 1.82) is 0 Å². The third-order valence-corrected chi connectivity index (χ3v) is 11.4. The summed E-state index contributed by atoms with van der Waals surface area (Å²) in [5.41, 5.74) is 16.1. The van der Waals surface area contributed by atoms with Gasteiger partial charge in [-0.05, 0) is 117 Å². The number of alkyl halides is 12. The van der Waals surface area contributed by atoms with Crippen molar-refractivity contribution in [1.82, 2.24) is 37.2 Å². The first-order valence-corrected chi connectivity index (χ1v) is 26.5. The number of hydrazine groups is 3. The number of aryl methyl sites for hydroxylation is 1. The van der Waals surface area contributed by atoms with Gasteiger partial charge in [-0.3, -0.25) is 51.9 Å². The third kappa shape index (κ3) is 31.4. The lowest BCUT2D eigenvalue weighted by Crippen LogP contribution is -2.46. The summed E-state index contributed by atoms with van der Waals surface area (Å²) in [5.74, 6) is -8.13. The summed E-state index contributed by atoms with van der Waals surface area (Å²) < 4.78 is 176. The number of benzene rings is 5. The van der Waals surface area contributed by atoms with Crippen LogP contribution in [0.2, 0.25) is 27.3 Å². The van der Waals surface area contributed by atoms with Crippen LogP contribution in [0.3, 0.4) is 0 Å². The predicted molar refractivity (Wildman–Crippen MR) is 303 cm³/mol. The van der Waals surface area contributed by atoms with Crippen molar-refractivity contribution in [2.45, 2.75) is 90.0 Å². The van der Waals surface area contributed by atoms with E-state index in [4.69, 9.17) is 15.1 Å². The molecule has 39 heteroatoms. The number of halogens is 12. The van der Waals surface area contributed by atoms with Gasteiger partial charge in [-0.1, -0.05) is 66.2 Å². The molecule has 14 N–H and O–H groups in total. The number of hydrogen-bond donors (Lipinski definition) is 14. The van der Waals surface area contributed by atoms with Gasteiger partial charge in [0.15, 0.2) is 0 Å². The number of hydrogen-bond acceptors (Lipinski definition) is 19. The van der Waals surface area contributed by atoms with Crippen molar-refractivity contribution >= 4 is 84.7 Å². The van der Waals surface area contributed by atoms with Gasteiger partial charge < -0.3 is 45.2 Å². The van der Waals surface area contributed by atoms with Gasteiger partial charge in [-0.2, -0.15) is 61.1 Å². The maximum Gasteiger partial charge on any atom is 0.472 e. The molecule has 0 saturated heterocycles. The molecule has 0 bridgehead atoms.